The maximum atomic E-state index is 6.10. The largest absolute Gasteiger partial charge is 0.497 e. The van der Waals surface area contributed by atoms with E-state index >= 15 is 0 Å². The van der Waals surface area contributed by atoms with E-state index in [1.807, 2.05) is 72.9 Å². The van der Waals surface area contributed by atoms with Crippen molar-refractivity contribution in [1.82, 2.24) is 4.98 Å². The fraction of sp³-hybridized carbons (Fsp3) is 0.0909. The topological polar surface area (TPSA) is 47.6 Å². The van der Waals surface area contributed by atoms with Crippen LogP contribution in [0.5, 0.6) is 5.75 Å². The smallest absolute Gasteiger partial charge is 0.136 e. The van der Waals surface area contributed by atoms with Gasteiger partial charge in [-0.3, -0.25) is 9.98 Å². The lowest BCUT2D eigenvalue weighted by Gasteiger charge is -2.06. The predicted molar refractivity (Wildman–Crippen MR) is 102 cm³/mol. The molecule has 0 saturated carbocycles. The molecule has 0 bridgehead atoms. The zero-order chi connectivity index (χ0) is 17.8. The molecule has 0 spiro atoms. The highest BCUT2D eigenvalue weighted by molar-refractivity contribution is 5.78. The van der Waals surface area contributed by atoms with Crippen LogP contribution in [0.15, 0.2) is 88.5 Å². The van der Waals surface area contributed by atoms with E-state index < -0.39 is 0 Å². The summed E-state index contributed by atoms with van der Waals surface area (Å²) in [6.07, 6.45) is 3.60. The molecule has 0 amide bonds. The van der Waals surface area contributed by atoms with Crippen molar-refractivity contribution in [1.29, 1.82) is 0 Å². The molecule has 4 aromatic rings. The molecule has 4 nitrogen and oxygen atoms in total. The van der Waals surface area contributed by atoms with Crippen LogP contribution in [0.4, 0.5) is 0 Å². The average molecular weight is 342 g/mol. The van der Waals surface area contributed by atoms with Crippen molar-refractivity contribution >= 4 is 11.0 Å². The summed E-state index contributed by atoms with van der Waals surface area (Å²) in [5.41, 5.74) is 2.86. The van der Waals surface area contributed by atoms with E-state index in [9.17, 15) is 0 Å². The third-order valence-electron chi connectivity index (χ3n) is 4.18. The Hall–Kier alpha value is -3.40. The van der Waals surface area contributed by atoms with Crippen molar-refractivity contribution in [2.75, 3.05) is 7.11 Å². The number of methoxy groups -OCH3 is 1. The van der Waals surface area contributed by atoms with Crippen LogP contribution in [-0.2, 0) is 6.54 Å². The molecule has 0 saturated heterocycles. The fourth-order valence-corrected chi connectivity index (χ4v) is 2.81. The second-order valence-electron chi connectivity index (χ2n) is 5.90. The van der Waals surface area contributed by atoms with Crippen LogP contribution in [-0.4, -0.2) is 12.1 Å². The van der Waals surface area contributed by atoms with E-state index in [1.165, 1.54) is 0 Å². The summed E-state index contributed by atoms with van der Waals surface area (Å²) in [7, 11) is 1.66. The fourth-order valence-electron chi connectivity index (χ4n) is 2.81. The van der Waals surface area contributed by atoms with Crippen LogP contribution in [0.3, 0.4) is 0 Å². The molecule has 2 aromatic heterocycles. The zero-order valence-corrected chi connectivity index (χ0v) is 14.4. The molecule has 4 heteroatoms. The Morgan fingerprint density at radius 1 is 1.00 bits per heavy atom. The summed E-state index contributed by atoms with van der Waals surface area (Å²) in [4.78, 5) is 8.95. The van der Waals surface area contributed by atoms with E-state index in [0.717, 1.165) is 39.0 Å². The lowest BCUT2D eigenvalue weighted by atomic mass is 10.1. The van der Waals surface area contributed by atoms with Gasteiger partial charge < -0.3 is 9.15 Å². The number of pyridine rings is 1. The Kier molecular flexibility index (Phi) is 4.48. The summed E-state index contributed by atoms with van der Waals surface area (Å²) < 4.78 is 11.3. The van der Waals surface area contributed by atoms with Gasteiger partial charge in [-0.2, -0.15) is 0 Å². The van der Waals surface area contributed by atoms with Crippen LogP contribution < -0.4 is 10.1 Å². The van der Waals surface area contributed by atoms with Crippen LogP contribution in [0.25, 0.3) is 22.3 Å². The Morgan fingerprint density at radius 3 is 2.62 bits per heavy atom. The van der Waals surface area contributed by atoms with Crippen molar-refractivity contribution in [3.05, 3.63) is 90.0 Å². The Balaban J connectivity index is 1.82. The SMILES string of the molecule is COc1ccc(-c2cc(=NCc3cccnc3)c3ccccc3o2)cc1. The molecule has 0 fully saturated rings. The first-order chi connectivity index (χ1) is 12.8. The number of hydrogen-bond acceptors (Lipinski definition) is 4. The third kappa shape index (κ3) is 3.35. The van der Waals surface area contributed by atoms with Gasteiger partial charge in [-0.15, -0.1) is 0 Å². The molecule has 2 heterocycles. The second-order valence-corrected chi connectivity index (χ2v) is 5.90. The van der Waals surface area contributed by atoms with Crippen LogP contribution in [0.1, 0.15) is 5.56 Å². The molecular weight excluding hydrogens is 324 g/mol. The summed E-state index contributed by atoms with van der Waals surface area (Å²) in [5, 5.41) is 1.90. The van der Waals surface area contributed by atoms with Crippen molar-refractivity contribution in [2.24, 2.45) is 4.99 Å². The van der Waals surface area contributed by atoms with E-state index in [1.54, 1.807) is 13.3 Å². The molecule has 128 valence electrons. The number of ether oxygens (including phenoxy) is 1. The molecule has 26 heavy (non-hydrogen) atoms. The Bertz CT molecular complexity index is 1080. The monoisotopic (exact) mass is 342 g/mol. The molecule has 0 N–H and O–H groups in total. The zero-order valence-electron chi connectivity index (χ0n) is 14.4. The highest BCUT2D eigenvalue weighted by Gasteiger charge is 2.06. The van der Waals surface area contributed by atoms with Gasteiger partial charge in [-0.25, -0.2) is 0 Å². The van der Waals surface area contributed by atoms with Gasteiger partial charge in [0.05, 0.1) is 19.0 Å². The summed E-state index contributed by atoms with van der Waals surface area (Å²) >= 11 is 0. The molecule has 0 radical (unpaired) electrons. The van der Waals surface area contributed by atoms with Gasteiger partial charge in [0.2, 0.25) is 0 Å². The normalized spacial score (nSPS) is 11.7. The molecular formula is C22H18N2O2. The molecule has 0 aliphatic carbocycles. The van der Waals surface area contributed by atoms with Crippen molar-refractivity contribution in [3.63, 3.8) is 0 Å². The number of para-hydroxylation sites is 1. The van der Waals surface area contributed by atoms with Crippen molar-refractivity contribution in [2.45, 2.75) is 6.54 Å². The number of nitrogens with zero attached hydrogens (tertiary/aromatic N) is 2. The number of rotatable bonds is 4. The van der Waals surface area contributed by atoms with Gasteiger partial charge in [0.25, 0.3) is 0 Å². The minimum atomic E-state index is 0.573. The van der Waals surface area contributed by atoms with E-state index in [2.05, 4.69) is 4.98 Å². The number of fused-ring (bicyclic) bond motifs is 1. The minimum absolute atomic E-state index is 0.573. The minimum Gasteiger partial charge on any atom is -0.497 e. The first kappa shape index (κ1) is 16.1. The summed E-state index contributed by atoms with van der Waals surface area (Å²) in [6, 6.07) is 21.7. The van der Waals surface area contributed by atoms with E-state index in [-0.39, 0.29) is 0 Å². The summed E-state index contributed by atoms with van der Waals surface area (Å²) in [6.45, 7) is 0.573. The Morgan fingerprint density at radius 2 is 1.85 bits per heavy atom. The number of aromatic nitrogens is 1. The lowest BCUT2D eigenvalue weighted by molar-refractivity contribution is 0.415. The van der Waals surface area contributed by atoms with Gasteiger partial charge in [-0.1, -0.05) is 18.2 Å². The highest BCUT2D eigenvalue weighted by Crippen LogP contribution is 2.24. The second kappa shape index (κ2) is 7.23. The first-order valence-electron chi connectivity index (χ1n) is 8.40. The van der Waals surface area contributed by atoms with Gasteiger partial charge >= 0.3 is 0 Å². The third-order valence-corrected chi connectivity index (χ3v) is 4.18. The average Bonchev–Trinajstić information content (AvgIpc) is 2.72. The molecule has 0 aliphatic heterocycles. The van der Waals surface area contributed by atoms with Gasteiger partial charge in [-0.05, 0) is 48.0 Å². The maximum Gasteiger partial charge on any atom is 0.136 e. The van der Waals surface area contributed by atoms with E-state index in [0.29, 0.717) is 6.54 Å². The molecule has 4 rings (SSSR count). The van der Waals surface area contributed by atoms with E-state index in [4.69, 9.17) is 14.1 Å². The quantitative estimate of drug-likeness (QED) is 0.544. The molecule has 0 aliphatic rings. The molecule has 0 unspecified atom stereocenters. The van der Waals surface area contributed by atoms with Gasteiger partial charge in [0.15, 0.2) is 0 Å². The molecule has 2 aromatic carbocycles. The standard InChI is InChI=1S/C22H18N2O2/c1-25-18-10-8-17(9-11-18)22-13-20(19-6-2-3-7-21(19)26-22)24-15-16-5-4-12-23-14-16/h2-14H,15H2,1H3. The molecule has 0 atom stereocenters. The van der Waals surface area contributed by atoms with Crippen molar-refractivity contribution in [3.8, 4) is 17.1 Å². The van der Waals surface area contributed by atoms with Crippen molar-refractivity contribution < 1.29 is 9.15 Å². The maximum absolute atomic E-state index is 6.10. The predicted octanol–water partition coefficient (Wildman–Crippen LogP) is 4.60. The highest BCUT2D eigenvalue weighted by atomic mass is 16.5. The number of benzene rings is 2. The van der Waals surface area contributed by atoms with Crippen LogP contribution in [0.2, 0.25) is 0 Å². The number of hydrogen-bond donors (Lipinski definition) is 0. The summed E-state index contributed by atoms with van der Waals surface area (Å²) in [5.74, 6) is 1.59. The van der Waals surface area contributed by atoms with Gasteiger partial charge in [0.1, 0.15) is 17.1 Å². The van der Waals surface area contributed by atoms with Gasteiger partial charge in [0, 0.05) is 29.4 Å². The first-order valence-corrected chi connectivity index (χ1v) is 8.40. The lowest BCUT2D eigenvalue weighted by Crippen LogP contribution is -2.04. The Labute approximate surface area is 151 Å². The van der Waals surface area contributed by atoms with Crippen LogP contribution >= 0.6 is 0 Å². The van der Waals surface area contributed by atoms with Crippen LogP contribution in [0, 0.1) is 0 Å².